The van der Waals surface area contributed by atoms with Gasteiger partial charge in [-0.25, -0.2) is 5.43 Å². The summed E-state index contributed by atoms with van der Waals surface area (Å²) in [7, 11) is 1.60. The van der Waals surface area contributed by atoms with Crippen LogP contribution < -0.4 is 14.9 Å². The molecule has 29 heavy (non-hydrogen) atoms. The highest BCUT2D eigenvalue weighted by Crippen LogP contribution is 2.27. The number of fused-ring (bicyclic) bond motifs is 1. The van der Waals surface area contributed by atoms with Gasteiger partial charge in [-0.05, 0) is 60.9 Å². The molecule has 1 N–H and O–H groups in total. The molecule has 0 saturated carbocycles. The van der Waals surface area contributed by atoms with Crippen LogP contribution in [0.25, 0.3) is 10.8 Å². The molecule has 0 aromatic heterocycles. The molecule has 0 radical (unpaired) electrons. The Morgan fingerprint density at radius 3 is 2.52 bits per heavy atom. The average Bonchev–Trinajstić information content (AvgIpc) is 2.71. The summed E-state index contributed by atoms with van der Waals surface area (Å²) in [5.41, 5.74) is 5.12. The molecule has 3 aromatic rings. The topological polar surface area (TPSA) is 59.9 Å². The Morgan fingerprint density at radius 2 is 1.83 bits per heavy atom. The molecule has 0 saturated heterocycles. The Kier molecular flexibility index (Phi) is 6.39. The summed E-state index contributed by atoms with van der Waals surface area (Å²) >= 11 is 6.18. The van der Waals surface area contributed by atoms with Gasteiger partial charge in [0, 0.05) is 10.6 Å². The monoisotopic (exact) mass is 410 g/mol. The molecule has 5 nitrogen and oxygen atoms in total. The standard InChI is InChI=1S/C23H23ClN2O3/c1-14-11-18(12-15(2)22(14)24)29-16(3)23(27)26-25-13-20-19-8-6-5-7-17(19)9-10-21(20)28-4/h5-13,16H,1-4H3,(H,26,27)/b25-13+. The minimum Gasteiger partial charge on any atom is -0.496 e. The number of nitrogens with one attached hydrogen (secondary N) is 1. The second-order valence-corrected chi connectivity index (χ2v) is 7.15. The van der Waals surface area contributed by atoms with Crippen molar-refractivity contribution in [2.45, 2.75) is 26.9 Å². The van der Waals surface area contributed by atoms with Gasteiger partial charge in [-0.15, -0.1) is 0 Å². The first-order chi connectivity index (χ1) is 13.9. The third-order valence-electron chi connectivity index (χ3n) is 4.61. The van der Waals surface area contributed by atoms with Crippen molar-refractivity contribution < 1.29 is 14.3 Å². The zero-order valence-corrected chi connectivity index (χ0v) is 17.6. The fourth-order valence-corrected chi connectivity index (χ4v) is 3.18. The lowest BCUT2D eigenvalue weighted by molar-refractivity contribution is -0.127. The van der Waals surface area contributed by atoms with Gasteiger partial charge in [0.2, 0.25) is 0 Å². The summed E-state index contributed by atoms with van der Waals surface area (Å²) < 4.78 is 11.2. The predicted octanol–water partition coefficient (Wildman–Crippen LogP) is 5.04. The summed E-state index contributed by atoms with van der Waals surface area (Å²) in [6.07, 6.45) is 0.865. The molecule has 0 spiro atoms. The molecule has 1 atom stereocenters. The Morgan fingerprint density at radius 1 is 1.14 bits per heavy atom. The van der Waals surface area contributed by atoms with Crippen molar-refractivity contribution >= 4 is 34.5 Å². The molecular formula is C23H23ClN2O3. The molecule has 3 aromatic carbocycles. The molecule has 150 valence electrons. The van der Waals surface area contributed by atoms with E-state index in [2.05, 4.69) is 10.5 Å². The summed E-state index contributed by atoms with van der Waals surface area (Å²) in [5.74, 6) is 0.913. The number of amides is 1. The maximum atomic E-state index is 12.4. The van der Waals surface area contributed by atoms with Crippen LogP contribution in [0.15, 0.2) is 53.6 Å². The molecular weight excluding hydrogens is 388 g/mol. The van der Waals surface area contributed by atoms with E-state index in [9.17, 15) is 4.79 Å². The fraction of sp³-hybridized carbons (Fsp3) is 0.217. The number of nitrogens with zero attached hydrogens (tertiary/aromatic N) is 1. The molecule has 1 amide bonds. The van der Waals surface area contributed by atoms with Crippen molar-refractivity contribution in [1.29, 1.82) is 0 Å². The van der Waals surface area contributed by atoms with Crippen LogP contribution in [0.2, 0.25) is 5.02 Å². The fourth-order valence-electron chi connectivity index (χ4n) is 3.07. The van der Waals surface area contributed by atoms with Gasteiger partial charge in [-0.2, -0.15) is 5.10 Å². The van der Waals surface area contributed by atoms with Gasteiger partial charge in [-0.3, -0.25) is 4.79 Å². The van der Waals surface area contributed by atoms with Crippen LogP contribution >= 0.6 is 11.6 Å². The van der Waals surface area contributed by atoms with E-state index in [0.717, 1.165) is 27.5 Å². The minimum atomic E-state index is -0.721. The zero-order chi connectivity index (χ0) is 21.0. The van der Waals surface area contributed by atoms with E-state index in [1.807, 2.05) is 62.4 Å². The lowest BCUT2D eigenvalue weighted by atomic mass is 10.0. The third-order valence-corrected chi connectivity index (χ3v) is 5.21. The number of hydrogen-bond donors (Lipinski definition) is 1. The molecule has 0 aliphatic rings. The van der Waals surface area contributed by atoms with E-state index in [0.29, 0.717) is 16.5 Å². The second-order valence-electron chi connectivity index (χ2n) is 6.77. The quantitative estimate of drug-likeness (QED) is 0.457. The lowest BCUT2D eigenvalue weighted by Gasteiger charge is -2.15. The van der Waals surface area contributed by atoms with Crippen LogP contribution in [0.3, 0.4) is 0 Å². The third kappa shape index (κ3) is 4.69. The number of carbonyl (C=O) groups excluding carboxylic acids is 1. The second kappa shape index (κ2) is 8.97. The first kappa shape index (κ1) is 20.7. The van der Waals surface area contributed by atoms with Gasteiger partial charge in [0.15, 0.2) is 6.10 Å². The molecule has 0 heterocycles. The number of hydrazone groups is 1. The van der Waals surface area contributed by atoms with Crippen LogP contribution in [0, 0.1) is 13.8 Å². The number of carbonyl (C=O) groups is 1. The maximum Gasteiger partial charge on any atom is 0.280 e. The summed E-state index contributed by atoms with van der Waals surface area (Å²) in [6.45, 7) is 5.46. The van der Waals surface area contributed by atoms with Gasteiger partial charge >= 0.3 is 0 Å². The Hall–Kier alpha value is -3.05. The van der Waals surface area contributed by atoms with Crippen LogP contribution in [-0.4, -0.2) is 25.3 Å². The number of rotatable bonds is 6. The van der Waals surface area contributed by atoms with E-state index < -0.39 is 6.10 Å². The van der Waals surface area contributed by atoms with E-state index in [-0.39, 0.29) is 5.91 Å². The number of hydrogen-bond acceptors (Lipinski definition) is 4. The molecule has 0 aliphatic carbocycles. The Labute approximate surface area is 175 Å². The van der Waals surface area contributed by atoms with Crippen molar-refractivity contribution in [2.24, 2.45) is 5.10 Å². The van der Waals surface area contributed by atoms with Gasteiger partial charge in [0.25, 0.3) is 5.91 Å². The van der Waals surface area contributed by atoms with Crippen molar-refractivity contribution in [3.05, 3.63) is 70.2 Å². The van der Waals surface area contributed by atoms with Gasteiger partial charge in [0.1, 0.15) is 11.5 Å². The summed E-state index contributed by atoms with van der Waals surface area (Å²) in [5, 5.41) is 6.85. The smallest absolute Gasteiger partial charge is 0.280 e. The van der Waals surface area contributed by atoms with Crippen LogP contribution in [-0.2, 0) is 4.79 Å². The molecule has 3 rings (SSSR count). The molecule has 1 unspecified atom stereocenters. The van der Waals surface area contributed by atoms with Gasteiger partial charge in [0.05, 0.1) is 13.3 Å². The molecule has 0 fully saturated rings. The van der Waals surface area contributed by atoms with Crippen molar-refractivity contribution in [3.8, 4) is 11.5 Å². The van der Waals surface area contributed by atoms with Crippen molar-refractivity contribution in [3.63, 3.8) is 0 Å². The molecule has 6 heteroatoms. The number of benzene rings is 3. The van der Waals surface area contributed by atoms with Crippen LogP contribution in [0.4, 0.5) is 0 Å². The Balaban J connectivity index is 1.72. The van der Waals surface area contributed by atoms with Crippen LogP contribution in [0.5, 0.6) is 11.5 Å². The highest BCUT2D eigenvalue weighted by molar-refractivity contribution is 6.32. The van der Waals surface area contributed by atoms with Crippen molar-refractivity contribution in [1.82, 2.24) is 5.43 Å². The zero-order valence-electron chi connectivity index (χ0n) is 16.8. The normalized spacial score (nSPS) is 12.2. The highest BCUT2D eigenvalue weighted by Gasteiger charge is 2.15. The number of methoxy groups -OCH3 is 1. The van der Waals surface area contributed by atoms with Gasteiger partial charge < -0.3 is 9.47 Å². The van der Waals surface area contributed by atoms with E-state index in [1.165, 1.54) is 0 Å². The first-order valence-electron chi connectivity index (χ1n) is 9.22. The first-order valence-corrected chi connectivity index (χ1v) is 9.60. The summed E-state index contributed by atoms with van der Waals surface area (Å²) in [6, 6.07) is 15.4. The minimum absolute atomic E-state index is 0.356. The summed E-state index contributed by atoms with van der Waals surface area (Å²) in [4.78, 5) is 12.4. The lowest BCUT2D eigenvalue weighted by Crippen LogP contribution is -2.33. The molecule has 0 aliphatic heterocycles. The van der Waals surface area contributed by atoms with E-state index >= 15 is 0 Å². The van der Waals surface area contributed by atoms with Crippen molar-refractivity contribution in [2.75, 3.05) is 7.11 Å². The van der Waals surface area contributed by atoms with Gasteiger partial charge in [-0.1, -0.05) is 41.9 Å². The molecule has 0 bridgehead atoms. The maximum absolute atomic E-state index is 12.4. The van der Waals surface area contributed by atoms with Crippen LogP contribution in [0.1, 0.15) is 23.6 Å². The van der Waals surface area contributed by atoms with E-state index in [4.69, 9.17) is 21.1 Å². The predicted molar refractivity (Wildman–Crippen MR) is 117 cm³/mol. The number of halogens is 1. The average molecular weight is 411 g/mol. The van der Waals surface area contributed by atoms with E-state index in [1.54, 1.807) is 20.2 Å². The number of ether oxygens (including phenoxy) is 2. The largest absolute Gasteiger partial charge is 0.496 e. The number of aryl methyl sites for hydroxylation is 2. The Bertz CT molecular complexity index is 1060. The SMILES string of the molecule is COc1ccc2ccccc2c1/C=N/NC(=O)C(C)Oc1cc(C)c(Cl)c(C)c1. The highest BCUT2D eigenvalue weighted by atomic mass is 35.5.